The van der Waals surface area contributed by atoms with Gasteiger partial charge in [0.15, 0.2) is 0 Å². The summed E-state index contributed by atoms with van der Waals surface area (Å²) in [6.45, 7) is 2.71. The van der Waals surface area contributed by atoms with Crippen LogP contribution in [0.25, 0.3) is 0 Å². The fourth-order valence-corrected chi connectivity index (χ4v) is 1.73. The molecule has 0 fully saturated rings. The van der Waals surface area contributed by atoms with Gasteiger partial charge in [-0.05, 0) is 37.6 Å². The average molecular weight is 271 g/mol. The second-order valence-corrected chi connectivity index (χ2v) is 4.13. The Morgan fingerprint density at radius 3 is 2.32 bits per heavy atom. The predicted octanol–water partition coefficient (Wildman–Crippen LogP) is 2.42. The molecule has 19 heavy (non-hydrogen) atoms. The molecule has 1 N–H and O–H groups in total. The molecule has 104 valence electrons. The lowest BCUT2D eigenvalue weighted by molar-refractivity contribution is 0.0569. The van der Waals surface area contributed by atoms with Crippen LogP contribution in [-0.4, -0.2) is 41.4 Å². The van der Waals surface area contributed by atoms with Crippen LogP contribution in [-0.2, 0) is 0 Å². The first-order valence-corrected chi connectivity index (χ1v) is 5.77. The van der Waals surface area contributed by atoms with E-state index in [1.54, 1.807) is 13.8 Å². The van der Waals surface area contributed by atoms with E-state index in [4.69, 9.17) is 5.11 Å². The molecular weight excluding hydrogens is 256 g/mol. The van der Waals surface area contributed by atoms with Gasteiger partial charge in [-0.25, -0.2) is 13.6 Å². The molecule has 0 aliphatic rings. The van der Waals surface area contributed by atoms with Crippen molar-refractivity contribution in [2.24, 2.45) is 0 Å². The Hall–Kier alpha value is -1.98. The van der Waals surface area contributed by atoms with Gasteiger partial charge in [0.05, 0.1) is 12.1 Å². The smallest absolute Gasteiger partial charge is 0.335 e. The van der Waals surface area contributed by atoms with E-state index in [0.29, 0.717) is 5.56 Å². The van der Waals surface area contributed by atoms with Gasteiger partial charge in [0.25, 0.3) is 12.3 Å². The highest BCUT2D eigenvalue weighted by Crippen LogP contribution is 2.13. The number of hydrogen-bond acceptors (Lipinski definition) is 2. The van der Waals surface area contributed by atoms with Crippen LogP contribution in [0.1, 0.15) is 33.2 Å². The Labute approximate surface area is 109 Å². The zero-order valence-corrected chi connectivity index (χ0v) is 10.7. The maximum absolute atomic E-state index is 12.3. The molecule has 0 unspecified atom stereocenters. The van der Waals surface area contributed by atoms with Crippen molar-refractivity contribution < 1.29 is 23.5 Å². The average Bonchev–Trinajstić information content (AvgIpc) is 2.34. The summed E-state index contributed by atoms with van der Waals surface area (Å²) in [6, 6.07) is 4.11. The second-order valence-electron chi connectivity index (χ2n) is 4.13. The third-order valence-electron chi connectivity index (χ3n) is 2.60. The zero-order chi connectivity index (χ0) is 14.6. The van der Waals surface area contributed by atoms with Crippen molar-refractivity contribution in [1.82, 2.24) is 4.90 Å². The van der Waals surface area contributed by atoms with E-state index in [-0.39, 0.29) is 17.7 Å². The standard InChI is InChI=1S/C13H15F2NO3/c1-3-16(7-11(14)15)12(17)9-4-8(2)5-10(6-9)13(18)19/h4-6,11H,3,7H2,1-2H3,(H,18,19). The normalized spacial score (nSPS) is 10.6. The first-order chi connectivity index (χ1) is 8.85. The summed E-state index contributed by atoms with van der Waals surface area (Å²) >= 11 is 0. The molecule has 0 atom stereocenters. The number of hydrogen-bond donors (Lipinski definition) is 1. The number of carboxylic acids is 1. The summed E-state index contributed by atoms with van der Waals surface area (Å²) in [5.41, 5.74) is 0.674. The maximum Gasteiger partial charge on any atom is 0.335 e. The van der Waals surface area contributed by atoms with Crippen LogP contribution in [0.2, 0.25) is 0 Å². The fraction of sp³-hybridized carbons (Fsp3) is 0.385. The SMILES string of the molecule is CCN(CC(F)F)C(=O)c1cc(C)cc(C(=O)O)c1. The van der Waals surface area contributed by atoms with E-state index in [1.807, 2.05) is 0 Å². The quantitative estimate of drug-likeness (QED) is 0.894. The molecule has 1 aromatic rings. The Morgan fingerprint density at radius 1 is 1.26 bits per heavy atom. The van der Waals surface area contributed by atoms with Gasteiger partial charge in [0.2, 0.25) is 0 Å². The van der Waals surface area contributed by atoms with Crippen molar-refractivity contribution in [3.8, 4) is 0 Å². The molecule has 0 saturated heterocycles. The van der Waals surface area contributed by atoms with Gasteiger partial charge in [0.1, 0.15) is 0 Å². The van der Waals surface area contributed by atoms with E-state index in [2.05, 4.69) is 0 Å². The molecule has 0 radical (unpaired) electrons. The summed E-state index contributed by atoms with van der Waals surface area (Å²) in [5, 5.41) is 8.91. The molecule has 0 spiro atoms. The lowest BCUT2D eigenvalue weighted by Crippen LogP contribution is -2.35. The van der Waals surface area contributed by atoms with E-state index >= 15 is 0 Å². The lowest BCUT2D eigenvalue weighted by atomic mass is 10.1. The van der Waals surface area contributed by atoms with Crippen LogP contribution in [0.4, 0.5) is 8.78 Å². The molecule has 0 saturated carbocycles. The Balaban J connectivity index is 3.07. The van der Waals surface area contributed by atoms with Crippen molar-refractivity contribution in [1.29, 1.82) is 0 Å². The minimum Gasteiger partial charge on any atom is -0.478 e. The molecule has 4 nitrogen and oxygen atoms in total. The number of rotatable bonds is 5. The van der Waals surface area contributed by atoms with Gasteiger partial charge in [-0.1, -0.05) is 0 Å². The van der Waals surface area contributed by atoms with Crippen LogP contribution < -0.4 is 0 Å². The number of halogens is 2. The molecule has 0 bridgehead atoms. The van der Waals surface area contributed by atoms with Gasteiger partial charge in [-0.15, -0.1) is 0 Å². The molecule has 1 rings (SSSR count). The summed E-state index contributed by atoms with van der Waals surface area (Å²) in [4.78, 5) is 23.9. The molecule has 0 heterocycles. The number of nitrogens with zero attached hydrogens (tertiary/aromatic N) is 1. The molecule has 1 amide bonds. The summed E-state index contributed by atoms with van der Waals surface area (Å²) < 4.78 is 24.7. The number of carbonyl (C=O) groups excluding carboxylic acids is 1. The number of aromatic carboxylic acids is 1. The molecule has 0 aliphatic heterocycles. The van der Waals surface area contributed by atoms with Crippen LogP contribution in [0.5, 0.6) is 0 Å². The lowest BCUT2D eigenvalue weighted by Gasteiger charge is -2.20. The number of benzene rings is 1. The highest BCUT2D eigenvalue weighted by atomic mass is 19.3. The third kappa shape index (κ3) is 4.01. The fourth-order valence-electron chi connectivity index (χ4n) is 1.73. The van der Waals surface area contributed by atoms with Crippen LogP contribution in [0.3, 0.4) is 0 Å². The van der Waals surface area contributed by atoms with Crippen molar-refractivity contribution >= 4 is 11.9 Å². The largest absolute Gasteiger partial charge is 0.478 e. The van der Waals surface area contributed by atoms with Gasteiger partial charge in [0, 0.05) is 12.1 Å². The monoisotopic (exact) mass is 271 g/mol. The van der Waals surface area contributed by atoms with E-state index in [9.17, 15) is 18.4 Å². The molecule has 0 aliphatic carbocycles. The van der Waals surface area contributed by atoms with Crippen LogP contribution in [0, 0.1) is 6.92 Å². The summed E-state index contributed by atoms with van der Waals surface area (Å²) in [7, 11) is 0. The molecule has 6 heteroatoms. The van der Waals surface area contributed by atoms with Crippen LogP contribution in [0.15, 0.2) is 18.2 Å². The van der Waals surface area contributed by atoms with E-state index in [0.717, 1.165) is 4.90 Å². The minimum atomic E-state index is -2.62. The first-order valence-electron chi connectivity index (χ1n) is 5.77. The van der Waals surface area contributed by atoms with Crippen molar-refractivity contribution in [3.63, 3.8) is 0 Å². The maximum atomic E-state index is 12.3. The van der Waals surface area contributed by atoms with E-state index in [1.165, 1.54) is 18.2 Å². The highest BCUT2D eigenvalue weighted by Gasteiger charge is 2.19. The van der Waals surface area contributed by atoms with Crippen molar-refractivity contribution in [2.75, 3.05) is 13.1 Å². The van der Waals surface area contributed by atoms with Crippen molar-refractivity contribution in [3.05, 3.63) is 34.9 Å². The van der Waals surface area contributed by atoms with Gasteiger partial charge in [-0.2, -0.15) is 0 Å². The Kier molecular flexibility index (Phi) is 4.97. The topological polar surface area (TPSA) is 57.6 Å². The minimum absolute atomic E-state index is 0.0311. The Bertz CT molecular complexity index is 489. The predicted molar refractivity (Wildman–Crippen MR) is 65.7 cm³/mol. The summed E-state index contributed by atoms with van der Waals surface area (Å²) in [6.07, 6.45) is -2.62. The Morgan fingerprint density at radius 2 is 1.84 bits per heavy atom. The molecular formula is C13H15F2NO3. The number of amides is 1. The molecule has 0 aromatic heterocycles. The van der Waals surface area contributed by atoms with Crippen LogP contribution >= 0.6 is 0 Å². The number of alkyl halides is 2. The zero-order valence-electron chi connectivity index (χ0n) is 10.7. The number of aryl methyl sites for hydroxylation is 1. The van der Waals surface area contributed by atoms with Gasteiger partial charge < -0.3 is 10.0 Å². The third-order valence-corrected chi connectivity index (χ3v) is 2.60. The highest BCUT2D eigenvalue weighted by molar-refractivity contribution is 5.97. The van der Waals surface area contributed by atoms with Crippen molar-refractivity contribution in [2.45, 2.75) is 20.3 Å². The number of carbonyl (C=O) groups is 2. The molecule has 1 aromatic carbocycles. The first kappa shape index (κ1) is 15.1. The van der Waals surface area contributed by atoms with E-state index < -0.39 is 24.8 Å². The number of carboxylic acid groups (broad SMARTS) is 1. The van der Waals surface area contributed by atoms with Gasteiger partial charge >= 0.3 is 5.97 Å². The summed E-state index contributed by atoms with van der Waals surface area (Å²) in [5.74, 6) is -1.75. The van der Waals surface area contributed by atoms with Gasteiger partial charge in [-0.3, -0.25) is 4.79 Å². The second kappa shape index (κ2) is 6.26.